The van der Waals surface area contributed by atoms with Gasteiger partial charge >= 0.3 is 0 Å². The number of aryl methyl sites for hydroxylation is 1. The standard InChI is InChI=1S/C17H25NO3/c1-2-14-3-5-15(6-4-14)17(20)13-18-9-7-16(8-10-18)21-12-11-19/h3-6,16,19H,2,7-13H2,1H3. The summed E-state index contributed by atoms with van der Waals surface area (Å²) >= 11 is 0. The van der Waals surface area contributed by atoms with Gasteiger partial charge in [0, 0.05) is 18.7 Å². The Bertz CT molecular complexity index is 436. The third-order valence-electron chi connectivity index (χ3n) is 4.03. The van der Waals surface area contributed by atoms with Gasteiger partial charge in [-0.3, -0.25) is 9.69 Å². The van der Waals surface area contributed by atoms with Crippen molar-refractivity contribution in [2.75, 3.05) is 32.8 Å². The van der Waals surface area contributed by atoms with Crippen LogP contribution in [0.1, 0.15) is 35.7 Å². The summed E-state index contributed by atoms with van der Waals surface area (Å²) in [6.45, 7) is 4.85. The van der Waals surface area contributed by atoms with Gasteiger partial charge in [-0.2, -0.15) is 0 Å². The van der Waals surface area contributed by atoms with Crippen LogP contribution in [0, 0.1) is 0 Å². The lowest BCUT2D eigenvalue weighted by atomic mass is 10.0. The molecule has 0 bridgehead atoms. The number of carbonyl (C=O) groups excluding carboxylic acids is 1. The Morgan fingerprint density at radius 2 is 1.95 bits per heavy atom. The summed E-state index contributed by atoms with van der Waals surface area (Å²) in [4.78, 5) is 14.4. The number of benzene rings is 1. The van der Waals surface area contributed by atoms with Crippen LogP contribution in [0.3, 0.4) is 0 Å². The van der Waals surface area contributed by atoms with Crippen LogP contribution in [-0.4, -0.2) is 54.7 Å². The fourth-order valence-corrected chi connectivity index (χ4v) is 2.67. The number of hydrogen-bond acceptors (Lipinski definition) is 4. The van der Waals surface area contributed by atoms with Crippen molar-refractivity contribution in [3.63, 3.8) is 0 Å². The Balaban J connectivity index is 1.78. The fourth-order valence-electron chi connectivity index (χ4n) is 2.67. The molecule has 0 atom stereocenters. The van der Waals surface area contributed by atoms with E-state index in [4.69, 9.17) is 9.84 Å². The molecule has 4 heteroatoms. The average Bonchev–Trinajstić information content (AvgIpc) is 2.54. The van der Waals surface area contributed by atoms with Crippen LogP contribution in [0.5, 0.6) is 0 Å². The van der Waals surface area contributed by atoms with Gasteiger partial charge in [0.1, 0.15) is 0 Å². The maximum atomic E-state index is 12.3. The van der Waals surface area contributed by atoms with Gasteiger partial charge in [-0.05, 0) is 24.8 Å². The number of Topliss-reactive ketones (excluding diaryl/α,β-unsaturated/α-hetero) is 1. The molecule has 1 aromatic carbocycles. The molecule has 0 amide bonds. The summed E-state index contributed by atoms with van der Waals surface area (Å²) in [6.07, 6.45) is 3.09. The molecule has 21 heavy (non-hydrogen) atoms. The first-order valence-electron chi connectivity index (χ1n) is 7.80. The van der Waals surface area contributed by atoms with Crippen molar-refractivity contribution in [1.29, 1.82) is 0 Å². The van der Waals surface area contributed by atoms with E-state index in [1.54, 1.807) is 0 Å². The van der Waals surface area contributed by atoms with Crippen LogP contribution in [0.4, 0.5) is 0 Å². The normalized spacial score (nSPS) is 17.0. The van der Waals surface area contributed by atoms with E-state index in [0.29, 0.717) is 13.2 Å². The second kappa shape index (κ2) is 8.27. The molecule has 1 saturated heterocycles. The largest absolute Gasteiger partial charge is 0.394 e. The van der Waals surface area contributed by atoms with Gasteiger partial charge in [0.2, 0.25) is 0 Å². The van der Waals surface area contributed by atoms with Gasteiger partial charge in [0.25, 0.3) is 0 Å². The smallest absolute Gasteiger partial charge is 0.176 e. The molecule has 0 spiro atoms. The molecule has 0 unspecified atom stereocenters. The summed E-state index contributed by atoms with van der Waals surface area (Å²) in [5, 5.41) is 8.75. The van der Waals surface area contributed by atoms with Crippen LogP contribution >= 0.6 is 0 Å². The number of nitrogens with zero attached hydrogens (tertiary/aromatic N) is 1. The maximum Gasteiger partial charge on any atom is 0.176 e. The number of piperidine rings is 1. The van der Waals surface area contributed by atoms with Crippen molar-refractivity contribution in [3.05, 3.63) is 35.4 Å². The third-order valence-corrected chi connectivity index (χ3v) is 4.03. The molecular formula is C17H25NO3. The predicted octanol–water partition coefficient (Wildman–Crippen LogP) is 1.91. The van der Waals surface area contributed by atoms with Crippen molar-refractivity contribution in [1.82, 2.24) is 4.90 Å². The lowest BCUT2D eigenvalue weighted by Crippen LogP contribution is -2.40. The van der Waals surface area contributed by atoms with Gasteiger partial charge in [-0.25, -0.2) is 0 Å². The minimum Gasteiger partial charge on any atom is -0.394 e. The maximum absolute atomic E-state index is 12.3. The number of ketones is 1. The molecule has 1 aromatic rings. The number of ether oxygens (including phenoxy) is 1. The van der Waals surface area contributed by atoms with Crippen LogP contribution in [0.2, 0.25) is 0 Å². The summed E-state index contributed by atoms with van der Waals surface area (Å²) < 4.78 is 5.53. The second-order valence-electron chi connectivity index (χ2n) is 5.54. The highest BCUT2D eigenvalue weighted by atomic mass is 16.5. The molecule has 1 N–H and O–H groups in total. The first-order valence-corrected chi connectivity index (χ1v) is 7.80. The van der Waals surface area contributed by atoms with E-state index in [1.165, 1.54) is 5.56 Å². The molecular weight excluding hydrogens is 266 g/mol. The number of rotatable bonds is 7. The Morgan fingerprint density at radius 1 is 1.29 bits per heavy atom. The minimum atomic E-state index is 0.0758. The number of aliphatic hydroxyl groups is 1. The molecule has 116 valence electrons. The Morgan fingerprint density at radius 3 is 2.52 bits per heavy atom. The lowest BCUT2D eigenvalue weighted by Gasteiger charge is -2.31. The Hall–Kier alpha value is -1.23. The Kier molecular flexibility index (Phi) is 6.36. The van der Waals surface area contributed by atoms with Crippen molar-refractivity contribution in [2.24, 2.45) is 0 Å². The van der Waals surface area contributed by atoms with Crippen molar-refractivity contribution >= 4 is 5.78 Å². The lowest BCUT2D eigenvalue weighted by molar-refractivity contribution is -0.00689. The molecule has 1 aliphatic rings. The van der Waals surface area contributed by atoms with Crippen molar-refractivity contribution < 1.29 is 14.6 Å². The summed E-state index contributed by atoms with van der Waals surface area (Å²) in [5.41, 5.74) is 2.05. The average molecular weight is 291 g/mol. The van der Waals surface area contributed by atoms with Gasteiger partial charge in [0.05, 0.1) is 25.9 Å². The first kappa shape index (κ1) is 16.1. The van der Waals surface area contributed by atoms with E-state index in [1.807, 2.05) is 24.3 Å². The van der Waals surface area contributed by atoms with Gasteiger partial charge in [-0.15, -0.1) is 0 Å². The number of aliphatic hydroxyl groups excluding tert-OH is 1. The summed E-state index contributed by atoms with van der Waals surface area (Å²) in [7, 11) is 0. The fraction of sp³-hybridized carbons (Fsp3) is 0.588. The van der Waals surface area contributed by atoms with Crippen LogP contribution in [0.25, 0.3) is 0 Å². The molecule has 0 saturated carbocycles. The zero-order valence-electron chi connectivity index (χ0n) is 12.8. The first-order chi connectivity index (χ1) is 10.2. The van der Waals surface area contributed by atoms with Crippen molar-refractivity contribution in [3.8, 4) is 0 Å². The van der Waals surface area contributed by atoms with Gasteiger partial charge < -0.3 is 9.84 Å². The molecule has 1 aliphatic heterocycles. The van der Waals surface area contributed by atoms with Crippen LogP contribution < -0.4 is 0 Å². The van der Waals surface area contributed by atoms with E-state index in [9.17, 15) is 4.79 Å². The monoisotopic (exact) mass is 291 g/mol. The molecule has 0 aliphatic carbocycles. The number of hydrogen-bond donors (Lipinski definition) is 1. The van der Waals surface area contributed by atoms with E-state index >= 15 is 0 Å². The van der Waals surface area contributed by atoms with Gasteiger partial charge in [-0.1, -0.05) is 31.2 Å². The number of likely N-dealkylation sites (tertiary alicyclic amines) is 1. The molecule has 0 radical (unpaired) electrons. The third kappa shape index (κ3) is 4.92. The summed E-state index contributed by atoms with van der Waals surface area (Å²) in [5.74, 6) is 0.187. The second-order valence-corrected chi connectivity index (χ2v) is 5.54. The zero-order chi connectivity index (χ0) is 15.1. The highest BCUT2D eigenvalue weighted by molar-refractivity contribution is 5.97. The van der Waals surface area contributed by atoms with E-state index < -0.39 is 0 Å². The van der Waals surface area contributed by atoms with E-state index in [2.05, 4.69) is 11.8 Å². The zero-order valence-corrected chi connectivity index (χ0v) is 12.8. The quantitative estimate of drug-likeness (QED) is 0.780. The molecule has 0 aromatic heterocycles. The predicted molar refractivity (Wildman–Crippen MR) is 82.7 cm³/mol. The molecule has 1 fully saturated rings. The highest BCUT2D eigenvalue weighted by Crippen LogP contribution is 2.14. The van der Waals surface area contributed by atoms with E-state index in [-0.39, 0.29) is 18.5 Å². The van der Waals surface area contributed by atoms with Crippen LogP contribution in [-0.2, 0) is 11.2 Å². The molecule has 1 heterocycles. The van der Waals surface area contributed by atoms with Crippen molar-refractivity contribution in [2.45, 2.75) is 32.3 Å². The SMILES string of the molecule is CCc1ccc(C(=O)CN2CCC(OCCO)CC2)cc1. The summed E-state index contributed by atoms with van der Waals surface area (Å²) in [6, 6.07) is 7.92. The topological polar surface area (TPSA) is 49.8 Å². The van der Waals surface area contributed by atoms with Crippen LogP contribution in [0.15, 0.2) is 24.3 Å². The number of carbonyl (C=O) groups is 1. The molecule has 4 nitrogen and oxygen atoms in total. The van der Waals surface area contributed by atoms with Gasteiger partial charge in [0.15, 0.2) is 5.78 Å². The molecule has 2 rings (SSSR count). The van der Waals surface area contributed by atoms with E-state index in [0.717, 1.165) is 37.9 Å². The highest BCUT2D eigenvalue weighted by Gasteiger charge is 2.21. The minimum absolute atomic E-state index is 0.0758. The Labute approximate surface area is 126 Å².